The SMILES string of the molecule is CCn1nc(C)c(N)c1NC(C)CC1CC1. The van der Waals surface area contributed by atoms with E-state index in [2.05, 4.69) is 24.3 Å². The molecule has 4 heteroatoms. The van der Waals surface area contributed by atoms with Crippen molar-refractivity contribution in [1.82, 2.24) is 9.78 Å². The van der Waals surface area contributed by atoms with Gasteiger partial charge in [-0.25, -0.2) is 4.68 Å². The molecule has 1 saturated carbocycles. The summed E-state index contributed by atoms with van der Waals surface area (Å²) in [4.78, 5) is 0. The van der Waals surface area contributed by atoms with Crippen LogP contribution in [0.1, 0.15) is 38.8 Å². The maximum atomic E-state index is 6.03. The summed E-state index contributed by atoms with van der Waals surface area (Å²) in [5, 5.41) is 7.90. The number of hydrogen-bond acceptors (Lipinski definition) is 3. The summed E-state index contributed by atoms with van der Waals surface area (Å²) in [5.41, 5.74) is 7.74. The molecule has 1 aliphatic carbocycles. The molecule has 0 spiro atoms. The van der Waals surface area contributed by atoms with Crippen LogP contribution in [0.25, 0.3) is 0 Å². The van der Waals surface area contributed by atoms with Crippen molar-refractivity contribution in [3.8, 4) is 0 Å². The highest BCUT2D eigenvalue weighted by Gasteiger charge is 2.24. The van der Waals surface area contributed by atoms with E-state index < -0.39 is 0 Å². The van der Waals surface area contributed by atoms with Gasteiger partial charge in [0.1, 0.15) is 5.82 Å². The van der Waals surface area contributed by atoms with Crippen molar-refractivity contribution < 1.29 is 0 Å². The molecule has 1 atom stereocenters. The summed E-state index contributed by atoms with van der Waals surface area (Å²) in [6, 6.07) is 0.483. The van der Waals surface area contributed by atoms with E-state index in [-0.39, 0.29) is 0 Å². The molecule has 1 fully saturated rings. The van der Waals surface area contributed by atoms with E-state index >= 15 is 0 Å². The largest absolute Gasteiger partial charge is 0.394 e. The molecule has 0 amide bonds. The Morgan fingerprint density at radius 2 is 2.25 bits per heavy atom. The highest BCUT2D eigenvalue weighted by molar-refractivity contribution is 5.65. The molecule has 1 aromatic heterocycles. The Hall–Kier alpha value is -1.19. The Kier molecular flexibility index (Phi) is 3.08. The van der Waals surface area contributed by atoms with Crippen molar-refractivity contribution in [3.63, 3.8) is 0 Å². The molecule has 4 nitrogen and oxygen atoms in total. The van der Waals surface area contributed by atoms with E-state index in [0.29, 0.717) is 6.04 Å². The fourth-order valence-corrected chi connectivity index (χ4v) is 2.12. The fourth-order valence-electron chi connectivity index (χ4n) is 2.12. The molecule has 1 heterocycles. The summed E-state index contributed by atoms with van der Waals surface area (Å²) in [7, 11) is 0. The number of aromatic nitrogens is 2. The Balaban J connectivity index is 2.06. The second kappa shape index (κ2) is 4.36. The first kappa shape index (κ1) is 11.3. The van der Waals surface area contributed by atoms with Crippen LogP contribution >= 0.6 is 0 Å². The molecule has 1 unspecified atom stereocenters. The van der Waals surface area contributed by atoms with Crippen LogP contribution in [0.2, 0.25) is 0 Å². The molecule has 90 valence electrons. The van der Waals surface area contributed by atoms with Crippen LogP contribution < -0.4 is 11.1 Å². The quantitative estimate of drug-likeness (QED) is 0.804. The van der Waals surface area contributed by atoms with Crippen LogP contribution in [0.5, 0.6) is 0 Å². The molecular weight excluding hydrogens is 200 g/mol. The Morgan fingerprint density at radius 3 is 2.81 bits per heavy atom. The molecular formula is C12H22N4. The number of nitrogens with zero attached hydrogens (tertiary/aromatic N) is 2. The second-order valence-corrected chi connectivity index (χ2v) is 4.89. The molecule has 1 aromatic rings. The van der Waals surface area contributed by atoms with Gasteiger partial charge in [-0.1, -0.05) is 12.8 Å². The van der Waals surface area contributed by atoms with Gasteiger partial charge in [-0.3, -0.25) is 0 Å². The standard InChI is InChI=1S/C12H22N4/c1-4-16-12(11(13)9(3)15-16)14-8(2)7-10-5-6-10/h8,10,14H,4-7,13H2,1-3H3. The van der Waals surface area contributed by atoms with Gasteiger partial charge in [-0.2, -0.15) is 5.10 Å². The molecule has 0 radical (unpaired) electrons. The van der Waals surface area contributed by atoms with Crippen molar-refractivity contribution in [2.45, 2.75) is 52.6 Å². The lowest BCUT2D eigenvalue weighted by atomic mass is 10.1. The van der Waals surface area contributed by atoms with Gasteiger partial charge in [-0.05, 0) is 33.1 Å². The average molecular weight is 222 g/mol. The third kappa shape index (κ3) is 2.31. The van der Waals surface area contributed by atoms with Gasteiger partial charge in [0.15, 0.2) is 0 Å². The lowest BCUT2D eigenvalue weighted by Crippen LogP contribution is -2.19. The van der Waals surface area contributed by atoms with E-state index in [9.17, 15) is 0 Å². The summed E-state index contributed by atoms with van der Waals surface area (Å²) in [5.74, 6) is 1.93. The zero-order valence-electron chi connectivity index (χ0n) is 10.5. The van der Waals surface area contributed by atoms with Crippen molar-refractivity contribution in [1.29, 1.82) is 0 Å². The molecule has 0 aliphatic heterocycles. The second-order valence-electron chi connectivity index (χ2n) is 4.89. The van der Waals surface area contributed by atoms with Crippen LogP contribution in [0.4, 0.5) is 11.5 Å². The van der Waals surface area contributed by atoms with Crippen molar-refractivity contribution >= 4 is 11.5 Å². The minimum Gasteiger partial charge on any atom is -0.394 e. The summed E-state index contributed by atoms with van der Waals surface area (Å²) in [6.45, 7) is 7.12. The number of anilines is 2. The molecule has 0 bridgehead atoms. The zero-order valence-corrected chi connectivity index (χ0v) is 10.5. The number of nitrogen functional groups attached to an aromatic ring is 1. The molecule has 3 N–H and O–H groups in total. The van der Waals surface area contributed by atoms with E-state index in [0.717, 1.165) is 29.7 Å². The lowest BCUT2D eigenvalue weighted by molar-refractivity contribution is 0.613. The minimum absolute atomic E-state index is 0.483. The fraction of sp³-hybridized carbons (Fsp3) is 0.750. The third-order valence-electron chi connectivity index (χ3n) is 3.24. The molecule has 0 saturated heterocycles. The number of hydrogen-bond donors (Lipinski definition) is 2. The van der Waals surface area contributed by atoms with E-state index in [1.807, 2.05) is 11.6 Å². The van der Waals surface area contributed by atoms with Gasteiger partial charge in [0, 0.05) is 12.6 Å². The van der Waals surface area contributed by atoms with Crippen LogP contribution in [0, 0.1) is 12.8 Å². The smallest absolute Gasteiger partial charge is 0.148 e. The van der Waals surface area contributed by atoms with E-state index in [1.54, 1.807) is 0 Å². The zero-order chi connectivity index (χ0) is 11.7. The molecule has 16 heavy (non-hydrogen) atoms. The third-order valence-corrected chi connectivity index (χ3v) is 3.24. The maximum Gasteiger partial charge on any atom is 0.148 e. The minimum atomic E-state index is 0.483. The predicted octanol–water partition coefficient (Wildman–Crippen LogP) is 2.39. The molecule has 2 rings (SSSR count). The summed E-state index contributed by atoms with van der Waals surface area (Å²) in [6.07, 6.45) is 4.04. The van der Waals surface area contributed by atoms with Crippen LogP contribution in [0.3, 0.4) is 0 Å². The summed E-state index contributed by atoms with van der Waals surface area (Å²) >= 11 is 0. The first-order valence-corrected chi connectivity index (χ1v) is 6.21. The number of aryl methyl sites for hydroxylation is 2. The normalized spacial score (nSPS) is 17.4. The Morgan fingerprint density at radius 1 is 1.56 bits per heavy atom. The first-order chi connectivity index (χ1) is 7.61. The van der Waals surface area contributed by atoms with Gasteiger partial charge in [0.2, 0.25) is 0 Å². The van der Waals surface area contributed by atoms with Gasteiger partial charge in [-0.15, -0.1) is 0 Å². The number of nitrogens with one attached hydrogen (secondary N) is 1. The monoisotopic (exact) mass is 222 g/mol. The summed E-state index contributed by atoms with van der Waals surface area (Å²) < 4.78 is 1.95. The topological polar surface area (TPSA) is 55.9 Å². The van der Waals surface area contributed by atoms with Gasteiger partial charge in [0.25, 0.3) is 0 Å². The van der Waals surface area contributed by atoms with Crippen molar-refractivity contribution in [2.24, 2.45) is 5.92 Å². The van der Waals surface area contributed by atoms with Crippen LogP contribution in [0.15, 0.2) is 0 Å². The van der Waals surface area contributed by atoms with Crippen LogP contribution in [-0.2, 0) is 6.54 Å². The van der Waals surface area contributed by atoms with Gasteiger partial charge < -0.3 is 11.1 Å². The Labute approximate surface area is 97.2 Å². The molecule has 1 aliphatic rings. The number of rotatable bonds is 5. The highest BCUT2D eigenvalue weighted by Crippen LogP contribution is 2.34. The highest BCUT2D eigenvalue weighted by atomic mass is 15.3. The number of nitrogens with two attached hydrogens (primary N) is 1. The van der Waals surface area contributed by atoms with Crippen LogP contribution in [-0.4, -0.2) is 15.8 Å². The van der Waals surface area contributed by atoms with Gasteiger partial charge in [0.05, 0.1) is 11.4 Å². The van der Waals surface area contributed by atoms with E-state index in [1.165, 1.54) is 19.3 Å². The van der Waals surface area contributed by atoms with Crippen molar-refractivity contribution in [2.75, 3.05) is 11.1 Å². The van der Waals surface area contributed by atoms with E-state index in [4.69, 9.17) is 5.73 Å². The maximum absolute atomic E-state index is 6.03. The lowest BCUT2D eigenvalue weighted by Gasteiger charge is -2.16. The average Bonchev–Trinajstić information content (AvgIpc) is 3.01. The first-order valence-electron chi connectivity index (χ1n) is 6.21. The predicted molar refractivity (Wildman–Crippen MR) is 67.5 cm³/mol. The van der Waals surface area contributed by atoms with Crippen molar-refractivity contribution in [3.05, 3.63) is 5.69 Å². The molecule has 0 aromatic carbocycles. The van der Waals surface area contributed by atoms with Gasteiger partial charge >= 0.3 is 0 Å². The Bertz CT molecular complexity index is 365.